The van der Waals surface area contributed by atoms with Gasteiger partial charge < -0.3 is 5.11 Å². The topological polar surface area (TPSA) is 37.3 Å². The van der Waals surface area contributed by atoms with Crippen molar-refractivity contribution in [2.45, 2.75) is 58.8 Å². The van der Waals surface area contributed by atoms with Gasteiger partial charge in [0, 0.05) is 0 Å². The van der Waals surface area contributed by atoms with Gasteiger partial charge in [0.2, 0.25) is 0 Å². The number of rotatable bonds is 5. The van der Waals surface area contributed by atoms with Crippen LogP contribution in [-0.2, 0) is 4.79 Å². The van der Waals surface area contributed by atoms with Crippen LogP contribution in [0.2, 0.25) is 0 Å². The van der Waals surface area contributed by atoms with Crippen molar-refractivity contribution >= 4 is 5.97 Å². The van der Waals surface area contributed by atoms with Crippen LogP contribution >= 0.6 is 0 Å². The van der Waals surface area contributed by atoms with Crippen LogP contribution in [0.15, 0.2) is 37.0 Å². The second-order valence-corrected chi connectivity index (χ2v) is 7.79. The predicted octanol–water partition coefficient (Wildman–Crippen LogP) is 5.37. The molecule has 122 valence electrons. The van der Waals surface area contributed by atoms with Crippen molar-refractivity contribution in [3.8, 4) is 0 Å². The summed E-state index contributed by atoms with van der Waals surface area (Å²) < 4.78 is 0. The second-order valence-electron chi connectivity index (χ2n) is 7.79. The third kappa shape index (κ3) is 2.68. The third-order valence-electron chi connectivity index (χ3n) is 6.55. The van der Waals surface area contributed by atoms with Gasteiger partial charge in [0.05, 0.1) is 5.41 Å². The summed E-state index contributed by atoms with van der Waals surface area (Å²) in [5, 5.41) is 9.81. The number of carboxylic acids is 1. The van der Waals surface area contributed by atoms with E-state index in [1.807, 2.05) is 13.0 Å². The first-order chi connectivity index (χ1) is 10.3. The summed E-state index contributed by atoms with van der Waals surface area (Å²) in [6, 6.07) is 0. The average molecular weight is 302 g/mol. The quantitative estimate of drug-likeness (QED) is 0.547. The molecule has 2 nitrogen and oxygen atoms in total. The zero-order valence-corrected chi connectivity index (χ0v) is 14.2. The molecule has 0 spiro atoms. The van der Waals surface area contributed by atoms with Gasteiger partial charge in [-0.25, -0.2) is 0 Å². The van der Waals surface area contributed by atoms with Gasteiger partial charge in [-0.2, -0.15) is 0 Å². The highest BCUT2D eigenvalue weighted by atomic mass is 16.4. The van der Waals surface area contributed by atoms with Gasteiger partial charge in [-0.1, -0.05) is 50.3 Å². The van der Waals surface area contributed by atoms with Crippen molar-refractivity contribution in [3.05, 3.63) is 37.0 Å². The van der Waals surface area contributed by atoms with Crippen LogP contribution in [0.3, 0.4) is 0 Å². The lowest BCUT2D eigenvalue weighted by molar-refractivity contribution is -0.164. The lowest BCUT2D eigenvalue weighted by atomic mass is 9.46. The van der Waals surface area contributed by atoms with Gasteiger partial charge >= 0.3 is 5.97 Å². The van der Waals surface area contributed by atoms with E-state index in [-0.39, 0.29) is 11.3 Å². The Kier molecular flexibility index (Phi) is 4.70. The summed E-state index contributed by atoms with van der Waals surface area (Å²) >= 11 is 0. The molecule has 2 fully saturated rings. The Balaban J connectivity index is 2.30. The molecule has 0 saturated heterocycles. The molecule has 0 unspecified atom stereocenters. The van der Waals surface area contributed by atoms with Crippen LogP contribution < -0.4 is 0 Å². The van der Waals surface area contributed by atoms with Gasteiger partial charge in [0.25, 0.3) is 0 Å². The molecular formula is C20H30O2. The average Bonchev–Trinajstić information content (AvgIpc) is 2.45. The van der Waals surface area contributed by atoms with E-state index < -0.39 is 11.4 Å². The van der Waals surface area contributed by atoms with Crippen LogP contribution in [0, 0.1) is 22.7 Å². The maximum Gasteiger partial charge on any atom is 0.309 e. The fourth-order valence-electron chi connectivity index (χ4n) is 5.17. The van der Waals surface area contributed by atoms with Crippen LogP contribution in [0.1, 0.15) is 58.8 Å². The van der Waals surface area contributed by atoms with Crippen LogP contribution in [0.4, 0.5) is 0 Å². The molecule has 2 heteroatoms. The maximum atomic E-state index is 11.9. The lowest BCUT2D eigenvalue weighted by Crippen LogP contribution is -2.53. The van der Waals surface area contributed by atoms with Crippen LogP contribution in [0.5, 0.6) is 0 Å². The highest BCUT2D eigenvalue weighted by molar-refractivity contribution is 5.75. The standard InChI is InChI=1S/C20H30O2/c1-6-14(2)8-10-16-15(3)9-11-17-19(16,4)12-7-13-20(17,5)18(21)22/h6,16-17H,1-3,7-13H2,4-5H3,(H,21,22)/t16-,17-,19+,20-/m0/s1. The summed E-state index contributed by atoms with van der Waals surface area (Å²) in [7, 11) is 0. The second kappa shape index (κ2) is 6.06. The first-order valence-corrected chi connectivity index (χ1v) is 8.47. The fraction of sp³-hybridized carbons (Fsp3) is 0.650. The Bertz CT molecular complexity index is 504. The molecule has 0 aromatic carbocycles. The molecule has 2 rings (SSSR count). The molecule has 2 aliphatic carbocycles. The molecule has 4 atom stereocenters. The molecule has 0 aliphatic heterocycles. The molecule has 0 radical (unpaired) electrons. The van der Waals surface area contributed by atoms with E-state index in [1.165, 1.54) is 5.57 Å². The Hall–Kier alpha value is -1.31. The van der Waals surface area contributed by atoms with Crippen molar-refractivity contribution in [1.29, 1.82) is 0 Å². The maximum absolute atomic E-state index is 11.9. The van der Waals surface area contributed by atoms with Crippen molar-refractivity contribution in [2.24, 2.45) is 22.7 Å². The number of fused-ring (bicyclic) bond motifs is 1. The number of carboxylic acid groups (broad SMARTS) is 1. The summed E-state index contributed by atoms with van der Waals surface area (Å²) in [5.41, 5.74) is 1.85. The zero-order chi connectivity index (χ0) is 16.5. The van der Waals surface area contributed by atoms with Crippen LogP contribution in [-0.4, -0.2) is 11.1 Å². The fourth-order valence-corrected chi connectivity index (χ4v) is 5.17. The van der Waals surface area contributed by atoms with E-state index in [9.17, 15) is 9.90 Å². The van der Waals surface area contributed by atoms with Gasteiger partial charge in [-0.3, -0.25) is 4.79 Å². The first-order valence-electron chi connectivity index (χ1n) is 8.47. The molecule has 2 aliphatic rings. The van der Waals surface area contributed by atoms with Crippen molar-refractivity contribution in [3.63, 3.8) is 0 Å². The molecule has 22 heavy (non-hydrogen) atoms. The van der Waals surface area contributed by atoms with Gasteiger partial charge in [-0.15, -0.1) is 0 Å². The SMILES string of the molecule is C=CC(=C)CC[C@H]1C(=C)CC[C@H]2[C@]1(C)CCC[C@]2(C)C(=O)O. The van der Waals surface area contributed by atoms with E-state index in [0.717, 1.165) is 50.5 Å². The minimum absolute atomic E-state index is 0.0577. The third-order valence-corrected chi connectivity index (χ3v) is 6.55. The number of hydrogen-bond donors (Lipinski definition) is 1. The Morgan fingerprint density at radius 2 is 2.09 bits per heavy atom. The molecular weight excluding hydrogens is 272 g/mol. The van der Waals surface area contributed by atoms with Crippen molar-refractivity contribution in [2.75, 3.05) is 0 Å². The molecule has 0 amide bonds. The summed E-state index contributed by atoms with van der Waals surface area (Å²) in [6.07, 6.45) is 8.64. The van der Waals surface area contributed by atoms with E-state index in [0.29, 0.717) is 5.92 Å². The Labute approximate surface area is 135 Å². The molecule has 0 aromatic rings. The highest BCUT2D eigenvalue weighted by Crippen LogP contribution is 2.62. The molecule has 0 heterocycles. The predicted molar refractivity (Wildman–Crippen MR) is 91.6 cm³/mol. The van der Waals surface area contributed by atoms with Gasteiger partial charge in [0.15, 0.2) is 0 Å². The number of hydrogen-bond acceptors (Lipinski definition) is 1. The minimum Gasteiger partial charge on any atom is -0.481 e. The number of allylic oxidation sites excluding steroid dienone is 3. The first kappa shape index (κ1) is 17.1. The largest absolute Gasteiger partial charge is 0.481 e. The van der Waals surface area contributed by atoms with Gasteiger partial charge in [0.1, 0.15) is 0 Å². The monoisotopic (exact) mass is 302 g/mol. The van der Waals surface area contributed by atoms with Crippen LogP contribution in [0.25, 0.3) is 0 Å². The molecule has 2 saturated carbocycles. The van der Waals surface area contributed by atoms with E-state index in [4.69, 9.17) is 0 Å². The zero-order valence-electron chi connectivity index (χ0n) is 14.2. The van der Waals surface area contributed by atoms with E-state index >= 15 is 0 Å². The lowest BCUT2D eigenvalue weighted by Gasteiger charge is -2.57. The van der Waals surface area contributed by atoms with Crippen molar-refractivity contribution in [1.82, 2.24) is 0 Å². The highest BCUT2D eigenvalue weighted by Gasteiger charge is 2.57. The summed E-state index contributed by atoms with van der Waals surface area (Å²) in [4.78, 5) is 11.9. The smallest absolute Gasteiger partial charge is 0.309 e. The number of carbonyl (C=O) groups is 1. The van der Waals surface area contributed by atoms with E-state index in [1.54, 1.807) is 0 Å². The van der Waals surface area contributed by atoms with Crippen molar-refractivity contribution < 1.29 is 9.90 Å². The Morgan fingerprint density at radius 3 is 2.68 bits per heavy atom. The normalized spacial score (nSPS) is 38.2. The number of aliphatic carboxylic acids is 1. The van der Waals surface area contributed by atoms with E-state index in [2.05, 4.69) is 26.7 Å². The molecule has 1 N–H and O–H groups in total. The minimum atomic E-state index is -0.620. The molecule has 0 aromatic heterocycles. The Morgan fingerprint density at radius 1 is 1.41 bits per heavy atom. The molecule has 0 bridgehead atoms. The van der Waals surface area contributed by atoms with Gasteiger partial charge in [-0.05, 0) is 62.7 Å². The summed E-state index contributed by atoms with van der Waals surface area (Å²) in [5.74, 6) is 0.0332. The summed E-state index contributed by atoms with van der Waals surface area (Å²) in [6.45, 7) is 16.4.